The van der Waals surface area contributed by atoms with E-state index in [9.17, 15) is 5.11 Å². The molecule has 0 spiro atoms. The summed E-state index contributed by atoms with van der Waals surface area (Å²) in [5.41, 5.74) is -0.415. The monoisotopic (exact) mass is 329 g/mol. The first-order valence-corrected chi connectivity index (χ1v) is 7.19. The van der Waals surface area contributed by atoms with E-state index in [4.69, 9.17) is 27.9 Å². The number of hydrogen-bond acceptors (Lipinski definition) is 4. The fraction of sp³-hybridized carbons (Fsp3) is 0.429. The third-order valence-electron chi connectivity index (χ3n) is 3.02. The normalized spacial score (nSPS) is 14.8. The second-order valence-corrected chi connectivity index (χ2v) is 6.53. The number of aliphatic hydroxyl groups excluding tert-OH is 1. The summed E-state index contributed by atoms with van der Waals surface area (Å²) >= 11 is 12.1. The van der Waals surface area contributed by atoms with E-state index >= 15 is 0 Å². The van der Waals surface area contributed by atoms with Crippen molar-refractivity contribution in [1.82, 2.24) is 14.8 Å². The number of rotatable bonds is 4. The van der Waals surface area contributed by atoms with Gasteiger partial charge in [-0.3, -0.25) is 0 Å². The molecule has 0 aliphatic rings. The Balaban J connectivity index is 2.35. The van der Waals surface area contributed by atoms with Crippen LogP contribution in [0.25, 0.3) is 0 Å². The summed E-state index contributed by atoms with van der Waals surface area (Å²) in [6.45, 7) is 5.72. The van der Waals surface area contributed by atoms with Crippen LogP contribution in [0, 0.1) is 5.41 Å². The van der Waals surface area contributed by atoms with E-state index in [0.717, 1.165) is 0 Å². The lowest BCUT2D eigenvalue weighted by molar-refractivity contribution is -0.0730. The van der Waals surface area contributed by atoms with Gasteiger partial charge in [-0.05, 0) is 17.5 Å². The molecular weight excluding hydrogens is 313 g/mol. The lowest BCUT2D eigenvalue weighted by Gasteiger charge is -2.33. The highest BCUT2D eigenvalue weighted by atomic mass is 35.5. The van der Waals surface area contributed by atoms with Crippen molar-refractivity contribution in [2.75, 3.05) is 0 Å². The molecule has 2 aromatic rings. The Morgan fingerprint density at radius 1 is 1.29 bits per heavy atom. The summed E-state index contributed by atoms with van der Waals surface area (Å²) in [4.78, 5) is 3.89. The molecule has 0 bridgehead atoms. The Morgan fingerprint density at radius 2 is 2.00 bits per heavy atom. The maximum Gasteiger partial charge on any atom is 0.219 e. The molecule has 0 aliphatic carbocycles. The molecule has 2 atom stereocenters. The molecular formula is C14H17Cl2N3O2. The van der Waals surface area contributed by atoms with Gasteiger partial charge in [0.15, 0.2) is 0 Å². The first kappa shape index (κ1) is 16.1. The van der Waals surface area contributed by atoms with Crippen LogP contribution in [0.15, 0.2) is 30.9 Å². The molecule has 1 aromatic heterocycles. The molecule has 0 amide bonds. The van der Waals surface area contributed by atoms with Crippen molar-refractivity contribution in [2.45, 2.75) is 33.1 Å². The van der Waals surface area contributed by atoms with Gasteiger partial charge in [0.25, 0.3) is 0 Å². The highest BCUT2D eigenvalue weighted by molar-refractivity contribution is 6.42. The average molecular weight is 330 g/mol. The number of ether oxygens (including phenoxy) is 1. The molecule has 2 unspecified atom stereocenters. The van der Waals surface area contributed by atoms with Crippen LogP contribution in [0.1, 0.15) is 27.0 Å². The minimum atomic E-state index is -0.825. The van der Waals surface area contributed by atoms with Crippen LogP contribution in [0.3, 0.4) is 0 Å². The number of nitrogens with zero attached hydrogens (tertiary/aromatic N) is 3. The zero-order chi connectivity index (χ0) is 15.6. The molecule has 114 valence electrons. The molecule has 0 saturated heterocycles. The van der Waals surface area contributed by atoms with Crippen LogP contribution in [-0.4, -0.2) is 26.0 Å². The van der Waals surface area contributed by atoms with Crippen LogP contribution in [0.4, 0.5) is 0 Å². The Hall–Kier alpha value is -1.30. The maximum absolute atomic E-state index is 10.5. The minimum Gasteiger partial charge on any atom is -0.464 e. The lowest BCUT2D eigenvalue weighted by Crippen LogP contribution is -2.39. The Bertz CT molecular complexity index is 597. The number of aliphatic hydroxyl groups is 1. The van der Waals surface area contributed by atoms with E-state index in [1.54, 1.807) is 18.2 Å². The third kappa shape index (κ3) is 3.67. The van der Waals surface area contributed by atoms with Gasteiger partial charge in [0.2, 0.25) is 6.23 Å². The topological polar surface area (TPSA) is 60.2 Å². The number of halogens is 2. The SMILES string of the molecule is CC(C)(C)C(O)C(Oc1cccc(Cl)c1Cl)n1cncn1. The smallest absolute Gasteiger partial charge is 0.219 e. The van der Waals surface area contributed by atoms with Gasteiger partial charge in [0, 0.05) is 0 Å². The fourth-order valence-corrected chi connectivity index (χ4v) is 2.08. The van der Waals surface area contributed by atoms with E-state index in [1.807, 2.05) is 20.8 Å². The van der Waals surface area contributed by atoms with Gasteiger partial charge in [-0.1, -0.05) is 50.0 Å². The second kappa shape index (κ2) is 6.22. The molecule has 0 fully saturated rings. The molecule has 2 rings (SSSR count). The van der Waals surface area contributed by atoms with Crippen molar-refractivity contribution < 1.29 is 9.84 Å². The summed E-state index contributed by atoms with van der Waals surface area (Å²) < 4.78 is 7.30. The molecule has 0 saturated carbocycles. The van der Waals surface area contributed by atoms with Crippen molar-refractivity contribution in [3.63, 3.8) is 0 Å². The van der Waals surface area contributed by atoms with E-state index in [0.29, 0.717) is 15.8 Å². The molecule has 5 nitrogen and oxygen atoms in total. The molecule has 0 radical (unpaired) electrons. The van der Waals surface area contributed by atoms with E-state index in [2.05, 4.69) is 10.1 Å². The summed E-state index contributed by atoms with van der Waals surface area (Å²) in [6.07, 6.45) is 1.28. The summed E-state index contributed by atoms with van der Waals surface area (Å²) in [5.74, 6) is 0.382. The number of benzene rings is 1. The first-order valence-electron chi connectivity index (χ1n) is 6.43. The first-order chi connectivity index (χ1) is 9.80. The molecule has 7 heteroatoms. The van der Waals surface area contributed by atoms with Crippen molar-refractivity contribution in [1.29, 1.82) is 0 Å². The van der Waals surface area contributed by atoms with Gasteiger partial charge in [0.05, 0.1) is 5.02 Å². The van der Waals surface area contributed by atoms with Gasteiger partial charge in [-0.25, -0.2) is 9.67 Å². The predicted octanol–water partition coefficient (Wildman–Crippen LogP) is 3.57. The zero-order valence-electron chi connectivity index (χ0n) is 12.0. The van der Waals surface area contributed by atoms with E-state index in [-0.39, 0.29) is 0 Å². The summed E-state index contributed by atoms with van der Waals surface area (Å²) in [7, 11) is 0. The van der Waals surface area contributed by atoms with Crippen molar-refractivity contribution >= 4 is 23.2 Å². The van der Waals surface area contributed by atoms with Crippen LogP contribution in [-0.2, 0) is 0 Å². The van der Waals surface area contributed by atoms with Crippen molar-refractivity contribution in [3.8, 4) is 5.75 Å². The quantitative estimate of drug-likeness (QED) is 0.931. The minimum absolute atomic E-state index is 0.297. The van der Waals surface area contributed by atoms with Gasteiger partial charge in [0.1, 0.15) is 29.5 Å². The van der Waals surface area contributed by atoms with Gasteiger partial charge in [-0.15, -0.1) is 0 Å². The number of aromatic nitrogens is 3. The summed E-state index contributed by atoms with van der Waals surface area (Å²) in [6, 6.07) is 5.08. The zero-order valence-corrected chi connectivity index (χ0v) is 13.5. The lowest BCUT2D eigenvalue weighted by atomic mass is 9.88. The molecule has 1 heterocycles. The Labute approximate surface area is 133 Å². The molecule has 0 aliphatic heterocycles. The molecule has 1 aromatic carbocycles. The largest absolute Gasteiger partial charge is 0.464 e. The Morgan fingerprint density at radius 3 is 2.57 bits per heavy atom. The highest BCUT2D eigenvalue weighted by Gasteiger charge is 2.34. The predicted molar refractivity (Wildman–Crippen MR) is 81.6 cm³/mol. The molecule has 21 heavy (non-hydrogen) atoms. The van der Waals surface area contributed by atoms with Crippen molar-refractivity contribution in [3.05, 3.63) is 40.9 Å². The van der Waals surface area contributed by atoms with Crippen LogP contribution >= 0.6 is 23.2 Å². The average Bonchev–Trinajstić information content (AvgIpc) is 2.92. The third-order valence-corrected chi connectivity index (χ3v) is 3.82. The van der Waals surface area contributed by atoms with Crippen LogP contribution in [0.5, 0.6) is 5.75 Å². The van der Waals surface area contributed by atoms with Gasteiger partial charge in [-0.2, -0.15) is 5.10 Å². The number of hydrogen-bond donors (Lipinski definition) is 1. The Kier molecular flexibility index (Phi) is 4.76. The van der Waals surface area contributed by atoms with Crippen LogP contribution in [0.2, 0.25) is 10.0 Å². The second-order valence-electron chi connectivity index (χ2n) is 5.75. The standard InChI is InChI=1S/C14H17Cl2N3O2/c1-14(2,3)12(20)13(19-8-17-7-18-19)21-10-6-4-5-9(15)11(10)16/h4-8,12-13,20H,1-3H3. The van der Waals surface area contributed by atoms with Crippen LogP contribution < -0.4 is 4.74 Å². The molecule has 1 N–H and O–H groups in total. The fourth-order valence-electron chi connectivity index (χ4n) is 1.74. The van der Waals surface area contributed by atoms with Crippen molar-refractivity contribution in [2.24, 2.45) is 5.41 Å². The van der Waals surface area contributed by atoms with E-state index in [1.165, 1.54) is 17.3 Å². The van der Waals surface area contributed by atoms with E-state index < -0.39 is 17.7 Å². The van der Waals surface area contributed by atoms with Gasteiger partial charge >= 0.3 is 0 Å². The maximum atomic E-state index is 10.5. The van der Waals surface area contributed by atoms with Gasteiger partial charge < -0.3 is 9.84 Å². The summed E-state index contributed by atoms with van der Waals surface area (Å²) in [5, 5.41) is 15.3. The highest BCUT2D eigenvalue weighted by Crippen LogP contribution is 2.36.